The first-order valence-electron chi connectivity index (χ1n) is 4.11. The first kappa shape index (κ1) is 11.5. The summed E-state index contributed by atoms with van der Waals surface area (Å²) >= 11 is 11.6. The van der Waals surface area contributed by atoms with Gasteiger partial charge in [0.25, 0.3) is 0 Å². The second-order valence-corrected chi connectivity index (χ2v) is 4.52. The van der Waals surface area contributed by atoms with E-state index in [1.54, 1.807) is 26.0 Å². The van der Waals surface area contributed by atoms with E-state index < -0.39 is 5.54 Å². The molecule has 1 aromatic rings. The van der Waals surface area contributed by atoms with Gasteiger partial charge >= 0.3 is 0 Å². The molecule has 1 aromatic carbocycles. The first-order chi connectivity index (χ1) is 6.32. The maximum atomic E-state index is 11.8. The molecule has 14 heavy (non-hydrogen) atoms. The summed E-state index contributed by atoms with van der Waals surface area (Å²) in [5, 5.41) is 0.847. The van der Waals surface area contributed by atoms with E-state index in [9.17, 15) is 4.79 Å². The lowest BCUT2D eigenvalue weighted by Crippen LogP contribution is -2.41. The van der Waals surface area contributed by atoms with Gasteiger partial charge in [0.05, 0.1) is 10.6 Å². The van der Waals surface area contributed by atoms with E-state index in [1.165, 1.54) is 6.07 Å². The molecule has 4 heteroatoms. The fourth-order valence-electron chi connectivity index (χ4n) is 1.02. The molecule has 0 radical (unpaired) electrons. The SMILES string of the molecule is CC(C)(N)C(=O)c1cc(Cl)ccc1Cl. The summed E-state index contributed by atoms with van der Waals surface area (Å²) in [7, 11) is 0. The third kappa shape index (κ3) is 2.47. The number of ketones is 1. The van der Waals surface area contributed by atoms with Crippen LogP contribution in [0.2, 0.25) is 10.0 Å². The summed E-state index contributed by atoms with van der Waals surface area (Å²) < 4.78 is 0. The largest absolute Gasteiger partial charge is 0.319 e. The lowest BCUT2D eigenvalue weighted by atomic mass is 9.94. The predicted molar refractivity (Wildman–Crippen MR) is 59.1 cm³/mol. The van der Waals surface area contributed by atoms with Crippen molar-refractivity contribution in [3.63, 3.8) is 0 Å². The molecule has 0 aliphatic rings. The Hall–Kier alpha value is -0.570. The van der Waals surface area contributed by atoms with Crippen LogP contribution in [0.15, 0.2) is 18.2 Å². The lowest BCUT2D eigenvalue weighted by molar-refractivity contribution is 0.0914. The van der Waals surface area contributed by atoms with Gasteiger partial charge in [-0.15, -0.1) is 0 Å². The highest BCUT2D eigenvalue weighted by Crippen LogP contribution is 2.23. The summed E-state index contributed by atoms with van der Waals surface area (Å²) in [6, 6.07) is 4.74. The quantitative estimate of drug-likeness (QED) is 0.796. The number of carbonyl (C=O) groups is 1. The Morgan fingerprint density at radius 1 is 1.36 bits per heavy atom. The van der Waals surface area contributed by atoms with Gasteiger partial charge in [-0.1, -0.05) is 23.2 Å². The van der Waals surface area contributed by atoms with Crippen LogP contribution in [-0.2, 0) is 0 Å². The van der Waals surface area contributed by atoms with Crippen LogP contribution in [0.25, 0.3) is 0 Å². The van der Waals surface area contributed by atoms with Crippen LogP contribution in [0, 0.1) is 0 Å². The minimum Gasteiger partial charge on any atom is -0.319 e. The average Bonchev–Trinajstić information content (AvgIpc) is 2.06. The van der Waals surface area contributed by atoms with E-state index in [1.807, 2.05) is 0 Å². The zero-order chi connectivity index (χ0) is 10.9. The number of nitrogens with two attached hydrogens (primary N) is 1. The van der Waals surface area contributed by atoms with Gasteiger partial charge in [-0.05, 0) is 32.0 Å². The summed E-state index contributed by atoms with van der Waals surface area (Å²) in [6.45, 7) is 3.26. The summed E-state index contributed by atoms with van der Waals surface area (Å²) in [4.78, 5) is 11.8. The van der Waals surface area contributed by atoms with Crippen molar-refractivity contribution < 1.29 is 4.79 Å². The summed E-state index contributed by atoms with van der Waals surface area (Å²) in [6.07, 6.45) is 0. The molecule has 0 aromatic heterocycles. The Morgan fingerprint density at radius 2 is 1.93 bits per heavy atom. The highest BCUT2D eigenvalue weighted by atomic mass is 35.5. The number of hydrogen-bond acceptors (Lipinski definition) is 2. The smallest absolute Gasteiger partial charge is 0.183 e. The van der Waals surface area contributed by atoms with Crippen molar-refractivity contribution in [3.05, 3.63) is 33.8 Å². The number of benzene rings is 1. The van der Waals surface area contributed by atoms with Crippen LogP contribution in [0.1, 0.15) is 24.2 Å². The third-order valence-electron chi connectivity index (χ3n) is 1.76. The molecule has 2 nitrogen and oxygen atoms in total. The number of rotatable bonds is 2. The van der Waals surface area contributed by atoms with E-state index in [0.717, 1.165) is 0 Å². The van der Waals surface area contributed by atoms with Gasteiger partial charge in [0.1, 0.15) is 0 Å². The van der Waals surface area contributed by atoms with Crippen LogP contribution in [0.4, 0.5) is 0 Å². The maximum Gasteiger partial charge on any atom is 0.183 e. The fraction of sp³-hybridized carbons (Fsp3) is 0.300. The van der Waals surface area contributed by atoms with E-state index in [4.69, 9.17) is 28.9 Å². The van der Waals surface area contributed by atoms with Gasteiger partial charge < -0.3 is 5.73 Å². The fourth-order valence-corrected chi connectivity index (χ4v) is 1.39. The average molecular weight is 232 g/mol. The van der Waals surface area contributed by atoms with Crippen molar-refractivity contribution >= 4 is 29.0 Å². The second-order valence-electron chi connectivity index (χ2n) is 3.67. The molecule has 2 N–H and O–H groups in total. The molecule has 0 saturated carbocycles. The zero-order valence-electron chi connectivity index (χ0n) is 7.97. The molecule has 0 amide bonds. The molecule has 0 fully saturated rings. The molecule has 0 unspecified atom stereocenters. The first-order valence-corrected chi connectivity index (χ1v) is 4.86. The molecule has 0 aliphatic heterocycles. The molecular formula is C10H11Cl2NO. The van der Waals surface area contributed by atoms with E-state index >= 15 is 0 Å². The summed E-state index contributed by atoms with van der Waals surface area (Å²) in [5.74, 6) is -0.218. The predicted octanol–water partition coefficient (Wildman–Crippen LogP) is 2.91. The van der Waals surface area contributed by atoms with Crippen molar-refractivity contribution in [2.24, 2.45) is 5.73 Å². The normalized spacial score (nSPS) is 11.5. The molecule has 76 valence electrons. The van der Waals surface area contributed by atoms with Gasteiger partial charge in [0, 0.05) is 10.6 Å². The number of hydrogen-bond donors (Lipinski definition) is 1. The van der Waals surface area contributed by atoms with Crippen LogP contribution < -0.4 is 5.73 Å². The molecule has 0 atom stereocenters. The molecule has 0 aliphatic carbocycles. The van der Waals surface area contributed by atoms with Crippen LogP contribution in [0.3, 0.4) is 0 Å². The monoisotopic (exact) mass is 231 g/mol. The van der Waals surface area contributed by atoms with Crippen molar-refractivity contribution in [2.75, 3.05) is 0 Å². The molecule has 0 heterocycles. The molecule has 0 spiro atoms. The van der Waals surface area contributed by atoms with Crippen LogP contribution >= 0.6 is 23.2 Å². The Kier molecular flexibility index (Phi) is 3.20. The van der Waals surface area contributed by atoms with Gasteiger partial charge in [0.2, 0.25) is 0 Å². The Balaban J connectivity index is 3.19. The Labute approximate surface area is 93.0 Å². The highest BCUT2D eigenvalue weighted by molar-refractivity contribution is 6.36. The van der Waals surface area contributed by atoms with Gasteiger partial charge in [0.15, 0.2) is 5.78 Å². The number of Topliss-reactive ketones (excluding diaryl/α,β-unsaturated/α-hetero) is 1. The van der Waals surface area contributed by atoms with Gasteiger partial charge in [-0.3, -0.25) is 4.79 Å². The van der Waals surface area contributed by atoms with E-state index in [-0.39, 0.29) is 5.78 Å². The topological polar surface area (TPSA) is 43.1 Å². The van der Waals surface area contributed by atoms with Gasteiger partial charge in [-0.2, -0.15) is 0 Å². The van der Waals surface area contributed by atoms with Gasteiger partial charge in [-0.25, -0.2) is 0 Å². The zero-order valence-corrected chi connectivity index (χ0v) is 9.49. The Bertz CT molecular complexity index is 369. The number of halogens is 2. The van der Waals surface area contributed by atoms with E-state index in [0.29, 0.717) is 15.6 Å². The maximum absolute atomic E-state index is 11.8. The third-order valence-corrected chi connectivity index (χ3v) is 2.32. The Morgan fingerprint density at radius 3 is 2.43 bits per heavy atom. The second kappa shape index (κ2) is 3.89. The van der Waals surface area contributed by atoms with Crippen molar-refractivity contribution in [2.45, 2.75) is 19.4 Å². The van der Waals surface area contributed by atoms with E-state index in [2.05, 4.69) is 0 Å². The number of carbonyl (C=O) groups excluding carboxylic acids is 1. The van der Waals surface area contributed by atoms with Crippen molar-refractivity contribution in [1.82, 2.24) is 0 Å². The lowest BCUT2D eigenvalue weighted by Gasteiger charge is -2.17. The summed E-state index contributed by atoms with van der Waals surface area (Å²) in [5.41, 5.74) is 5.11. The van der Waals surface area contributed by atoms with Crippen molar-refractivity contribution in [1.29, 1.82) is 0 Å². The minimum atomic E-state index is -0.936. The molecular weight excluding hydrogens is 221 g/mol. The molecule has 0 saturated heterocycles. The molecule has 0 bridgehead atoms. The standard InChI is InChI=1S/C10H11Cl2NO/c1-10(2,13)9(14)7-5-6(11)3-4-8(7)12/h3-5H,13H2,1-2H3. The molecule has 1 rings (SSSR count). The van der Waals surface area contributed by atoms with Crippen molar-refractivity contribution in [3.8, 4) is 0 Å². The minimum absolute atomic E-state index is 0.218. The van der Waals surface area contributed by atoms with Crippen LogP contribution in [0.5, 0.6) is 0 Å². The van der Waals surface area contributed by atoms with Crippen LogP contribution in [-0.4, -0.2) is 11.3 Å². The highest BCUT2D eigenvalue weighted by Gasteiger charge is 2.25.